The van der Waals surface area contributed by atoms with Crippen molar-refractivity contribution in [1.82, 2.24) is 0 Å². The molecule has 0 amide bonds. The second-order valence-corrected chi connectivity index (χ2v) is 9.57. The maximum atomic E-state index is 12.2. The maximum Gasteiger partial charge on any atom is 0.161 e. The maximum absolute atomic E-state index is 12.2. The van der Waals surface area contributed by atoms with Gasteiger partial charge in [0.05, 0.1) is 0 Å². The Morgan fingerprint density at radius 3 is 2.50 bits per heavy atom. The molecule has 0 bridgehead atoms. The Bertz CT molecular complexity index is 486. The molecule has 8 atom stereocenters. The van der Waals surface area contributed by atoms with Crippen LogP contribution in [0.15, 0.2) is 0 Å². The first kappa shape index (κ1) is 15.2. The van der Waals surface area contributed by atoms with Crippen LogP contribution in [0, 0.1) is 40.4 Å². The molecule has 0 saturated heterocycles. The molecule has 124 valence electrons. The van der Waals surface area contributed by atoms with E-state index in [1.807, 2.05) is 0 Å². The van der Waals surface area contributed by atoms with Gasteiger partial charge in [0.25, 0.3) is 0 Å². The molecule has 0 aromatic rings. The molecule has 4 fully saturated rings. The van der Waals surface area contributed by atoms with Crippen molar-refractivity contribution in [3.8, 4) is 0 Å². The van der Waals surface area contributed by atoms with Gasteiger partial charge in [0.2, 0.25) is 0 Å². The molecule has 4 rings (SSSR count). The van der Waals surface area contributed by atoms with E-state index in [1.54, 1.807) is 0 Å². The SMILES string of the molecule is CC1CC[C@H]2[C@@H]3CCC4CC(O)C(=O)C[C@]4(C)[C@@H]3CC[C@]12C. The number of hydrogen-bond donors (Lipinski definition) is 1. The molecule has 0 aromatic carbocycles. The lowest BCUT2D eigenvalue weighted by Gasteiger charge is -2.60. The van der Waals surface area contributed by atoms with Gasteiger partial charge in [-0.2, -0.15) is 0 Å². The largest absolute Gasteiger partial charge is 0.385 e. The number of fused-ring (bicyclic) bond motifs is 5. The Labute approximate surface area is 135 Å². The molecule has 4 aliphatic carbocycles. The van der Waals surface area contributed by atoms with Crippen molar-refractivity contribution < 1.29 is 9.90 Å². The van der Waals surface area contributed by atoms with E-state index >= 15 is 0 Å². The molecule has 3 unspecified atom stereocenters. The summed E-state index contributed by atoms with van der Waals surface area (Å²) < 4.78 is 0. The summed E-state index contributed by atoms with van der Waals surface area (Å²) >= 11 is 0. The molecule has 1 N–H and O–H groups in total. The van der Waals surface area contributed by atoms with E-state index < -0.39 is 6.10 Å². The summed E-state index contributed by atoms with van der Waals surface area (Å²) in [6.07, 6.45) is 8.78. The third-order valence-electron chi connectivity index (χ3n) is 8.97. The van der Waals surface area contributed by atoms with Gasteiger partial charge in [-0.25, -0.2) is 0 Å². The van der Waals surface area contributed by atoms with Crippen molar-refractivity contribution >= 4 is 5.78 Å². The van der Waals surface area contributed by atoms with Crippen molar-refractivity contribution in [3.05, 3.63) is 0 Å². The first-order valence-electron chi connectivity index (χ1n) is 9.57. The third kappa shape index (κ3) is 1.85. The first-order chi connectivity index (χ1) is 10.4. The Hall–Kier alpha value is -0.370. The van der Waals surface area contributed by atoms with E-state index in [4.69, 9.17) is 0 Å². The molecule has 0 radical (unpaired) electrons. The summed E-state index contributed by atoms with van der Waals surface area (Å²) in [5, 5.41) is 10.0. The molecule has 2 heteroatoms. The Morgan fingerprint density at radius 2 is 1.73 bits per heavy atom. The zero-order chi connectivity index (χ0) is 15.7. The van der Waals surface area contributed by atoms with Crippen LogP contribution >= 0.6 is 0 Å². The number of hydrogen-bond acceptors (Lipinski definition) is 2. The van der Waals surface area contributed by atoms with Crippen LogP contribution in [0.4, 0.5) is 0 Å². The van der Waals surface area contributed by atoms with E-state index in [1.165, 1.54) is 38.5 Å². The van der Waals surface area contributed by atoms with Crippen LogP contribution in [-0.4, -0.2) is 17.0 Å². The second-order valence-electron chi connectivity index (χ2n) is 9.57. The highest BCUT2D eigenvalue weighted by molar-refractivity contribution is 5.84. The van der Waals surface area contributed by atoms with Crippen LogP contribution in [0.3, 0.4) is 0 Å². The van der Waals surface area contributed by atoms with Gasteiger partial charge >= 0.3 is 0 Å². The standard InChI is InChI=1S/C20H32O2/c1-12-4-7-15-14-6-5-13-10-17(21)18(22)11-20(13,3)16(14)8-9-19(12,15)2/h12-17,21H,4-11H2,1-3H3/t12?,13?,14-,15-,16+,17?,19+,20-/m0/s1. The number of aliphatic hydroxyl groups is 1. The molecule has 2 nitrogen and oxygen atoms in total. The molecule has 22 heavy (non-hydrogen) atoms. The van der Waals surface area contributed by atoms with Crippen LogP contribution in [0.2, 0.25) is 0 Å². The minimum Gasteiger partial charge on any atom is -0.385 e. The Balaban J connectivity index is 1.65. The van der Waals surface area contributed by atoms with Gasteiger partial charge in [-0.1, -0.05) is 20.8 Å². The number of rotatable bonds is 0. The van der Waals surface area contributed by atoms with Gasteiger partial charge < -0.3 is 5.11 Å². The fourth-order valence-corrected chi connectivity index (χ4v) is 7.35. The highest BCUT2D eigenvalue weighted by Crippen LogP contribution is 2.67. The zero-order valence-corrected chi connectivity index (χ0v) is 14.5. The summed E-state index contributed by atoms with van der Waals surface area (Å²) in [7, 11) is 0. The minimum atomic E-state index is -0.671. The lowest BCUT2D eigenvalue weighted by Crippen LogP contribution is -2.55. The third-order valence-corrected chi connectivity index (χ3v) is 8.97. The molecule has 0 heterocycles. The number of carbonyl (C=O) groups is 1. The zero-order valence-electron chi connectivity index (χ0n) is 14.5. The number of aliphatic hydroxyl groups excluding tert-OH is 1. The molecule has 0 spiro atoms. The van der Waals surface area contributed by atoms with Crippen LogP contribution < -0.4 is 0 Å². The summed E-state index contributed by atoms with van der Waals surface area (Å²) in [6, 6.07) is 0. The van der Waals surface area contributed by atoms with Gasteiger partial charge in [-0.05, 0) is 85.4 Å². The van der Waals surface area contributed by atoms with Gasteiger partial charge in [-0.3, -0.25) is 4.79 Å². The molecular weight excluding hydrogens is 272 g/mol. The number of ketones is 1. The van der Waals surface area contributed by atoms with Gasteiger partial charge in [0, 0.05) is 6.42 Å². The smallest absolute Gasteiger partial charge is 0.161 e. The van der Waals surface area contributed by atoms with Crippen molar-refractivity contribution in [2.24, 2.45) is 40.4 Å². The van der Waals surface area contributed by atoms with Crippen LogP contribution in [0.1, 0.15) is 72.1 Å². The lowest BCUT2D eigenvalue weighted by molar-refractivity contribution is -0.154. The number of carbonyl (C=O) groups excluding carboxylic acids is 1. The number of Topliss-reactive ketones (excluding diaryl/α,β-unsaturated/α-hetero) is 1. The lowest BCUT2D eigenvalue weighted by atomic mass is 9.44. The Morgan fingerprint density at radius 1 is 1.00 bits per heavy atom. The van der Waals surface area contributed by atoms with Crippen molar-refractivity contribution in [3.63, 3.8) is 0 Å². The fourth-order valence-electron chi connectivity index (χ4n) is 7.35. The average molecular weight is 304 g/mol. The summed E-state index contributed by atoms with van der Waals surface area (Å²) in [5.74, 6) is 4.02. The van der Waals surface area contributed by atoms with E-state index in [0.29, 0.717) is 17.8 Å². The predicted molar refractivity (Wildman–Crippen MR) is 87.3 cm³/mol. The van der Waals surface area contributed by atoms with Crippen molar-refractivity contribution in [2.45, 2.75) is 78.2 Å². The minimum absolute atomic E-state index is 0.118. The van der Waals surface area contributed by atoms with Crippen molar-refractivity contribution in [1.29, 1.82) is 0 Å². The monoisotopic (exact) mass is 304 g/mol. The topological polar surface area (TPSA) is 37.3 Å². The highest BCUT2D eigenvalue weighted by Gasteiger charge is 2.60. The summed E-state index contributed by atoms with van der Waals surface area (Å²) in [5.41, 5.74) is 0.731. The fraction of sp³-hybridized carbons (Fsp3) is 0.950. The molecular formula is C20H32O2. The van der Waals surface area contributed by atoms with E-state index in [-0.39, 0.29) is 11.2 Å². The quantitative estimate of drug-likeness (QED) is 0.728. The van der Waals surface area contributed by atoms with Gasteiger partial charge in [0.1, 0.15) is 6.10 Å². The van der Waals surface area contributed by atoms with E-state index in [9.17, 15) is 9.90 Å². The predicted octanol–water partition coefficient (Wildman–Crippen LogP) is 4.21. The highest BCUT2D eigenvalue weighted by atomic mass is 16.3. The average Bonchev–Trinajstić information content (AvgIpc) is 2.77. The Kier molecular flexibility index (Phi) is 3.32. The van der Waals surface area contributed by atoms with E-state index in [2.05, 4.69) is 20.8 Å². The van der Waals surface area contributed by atoms with Crippen LogP contribution in [0.5, 0.6) is 0 Å². The summed E-state index contributed by atoms with van der Waals surface area (Å²) in [4.78, 5) is 12.2. The molecule has 0 aliphatic heterocycles. The van der Waals surface area contributed by atoms with Gasteiger partial charge in [-0.15, -0.1) is 0 Å². The van der Waals surface area contributed by atoms with Crippen LogP contribution in [0.25, 0.3) is 0 Å². The van der Waals surface area contributed by atoms with Crippen LogP contribution in [-0.2, 0) is 4.79 Å². The normalized spacial score (nSPS) is 57.9. The van der Waals surface area contributed by atoms with Gasteiger partial charge in [0.15, 0.2) is 5.78 Å². The van der Waals surface area contributed by atoms with E-state index in [0.717, 1.165) is 30.1 Å². The summed E-state index contributed by atoms with van der Waals surface area (Å²) in [6.45, 7) is 7.41. The first-order valence-corrected chi connectivity index (χ1v) is 9.57. The van der Waals surface area contributed by atoms with Crippen molar-refractivity contribution in [2.75, 3.05) is 0 Å². The molecule has 4 saturated carbocycles. The molecule has 0 aromatic heterocycles. The molecule has 4 aliphatic rings. The second kappa shape index (κ2) is 4.82.